The molecule has 0 spiro atoms. The predicted molar refractivity (Wildman–Crippen MR) is 97.8 cm³/mol. The van der Waals surface area contributed by atoms with E-state index in [1.54, 1.807) is 31.5 Å². The van der Waals surface area contributed by atoms with Gasteiger partial charge in [-0.05, 0) is 38.1 Å². The second kappa shape index (κ2) is 8.52. The summed E-state index contributed by atoms with van der Waals surface area (Å²) in [6.45, 7) is 3.61. The van der Waals surface area contributed by atoms with Gasteiger partial charge in [0, 0.05) is 5.56 Å². The van der Waals surface area contributed by atoms with Crippen molar-refractivity contribution in [3.8, 4) is 5.75 Å². The Morgan fingerprint density at radius 2 is 1.88 bits per heavy atom. The lowest BCUT2D eigenvalue weighted by Gasteiger charge is -2.18. The molecule has 0 fully saturated rings. The number of carbonyl (C=O) groups excluding carboxylic acids is 1. The van der Waals surface area contributed by atoms with Crippen molar-refractivity contribution in [2.45, 2.75) is 25.9 Å². The van der Waals surface area contributed by atoms with Crippen LogP contribution in [0.2, 0.25) is 10.0 Å². The minimum atomic E-state index is -0.535. The number of halogens is 3. The normalized spacial score (nSPS) is 13.2. The molecule has 0 bridgehead atoms. The van der Waals surface area contributed by atoms with Crippen LogP contribution in [-0.2, 0) is 4.79 Å². The van der Waals surface area contributed by atoms with E-state index < -0.39 is 11.9 Å². The molecule has 0 aliphatic carbocycles. The molecule has 7 heteroatoms. The van der Waals surface area contributed by atoms with Gasteiger partial charge in [-0.1, -0.05) is 35.3 Å². The molecule has 0 unspecified atom stereocenters. The summed E-state index contributed by atoms with van der Waals surface area (Å²) < 4.78 is 18.9. The fraction of sp³-hybridized carbons (Fsp3) is 0.278. The Hall–Kier alpha value is -1.82. The molecule has 2 aromatic rings. The molecule has 4 nitrogen and oxygen atoms in total. The van der Waals surface area contributed by atoms with E-state index in [2.05, 4.69) is 5.32 Å². The molecule has 2 aromatic carbocycles. The first-order valence-corrected chi connectivity index (χ1v) is 8.52. The van der Waals surface area contributed by atoms with Gasteiger partial charge < -0.3 is 15.4 Å². The lowest BCUT2D eigenvalue weighted by molar-refractivity contribution is -0.709. The Kier molecular flexibility index (Phi) is 6.64. The molecule has 0 aromatic heterocycles. The molecule has 0 aliphatic rings. The highest BCUT2D eigenvalue weighted by atomic mass is 35.5. The molecule has 2 atom stereocenters. The zero-order valence-corrected chi connectivity index (χ0v) is 15.7. The molecule has 0 aliphatic heterocycles. The van der Waals surface area contributed by atoms with E-state index >= 15 is 0 Å². The van der Waals surface area contributed by atoms with Gasteiger partial charge in [0.05, 0.1) is 22.8 Å². The Balaban J connectivity index is 2.07. The van der Waals surface area contributed by atoms with Gasteiger partial charge in [0.1, 0.15) is 17.6 Å². The minimum Gasteiger partial charge on any atom is -0.495 e. The minimum absolute atomic E-state index is 0.0251. The van der Waals surface area contributed by atoms with Gasteiger partial charge >= 0.3 is 0 Å². The van der Waals surface area contributed by atoms with E-state index in [4.69, 9.17) is 27.9 Å². The van der Waals surface area contributed by atoms with Gasteiger partial charge in [-0.25, -0.2) is 4.39 Å². The van der Waals surface area contributed by atoms with Crippen LogP contribution in [0.25, 0.3) is 0 Å². The van der Waals surface area contributed by atoms with Crippen LogP contribution in [0.1, 0.15) is 25.5 Å². The number of methoxy groups -OCH3 is 1. The molecular weight excluding hydrogens is 366 g/mol. The van der Waals surface area contributed by atoms with Gasteiger partial charge in [0.15, 0.2) is 6.04 Å². The number of benzene rings is 2. The van der Waals surface area contributed by atoms with E-state index in [9.17, 15) is 9.18 Å². The monoisotopic (exact) mass is 385 g/mol. The van der Waals surface area contributed by atoms with E-state index in [1.165, 1.54) is 12.1 Å². The summed E-state index contributed by atoms with van der Waals surface area (Å²) in [5.74, 6) is -0.145. The van der Waals surface area contributed by atoms with Gasteiger partial charge in [-0.15, -0.1) is 0 Å². The first-order valence-electron chi connectivity index (χ1n) is 7.76. The SMILES string of the molecule is COc1ccccc1NC(=O)[C@@H](C)[NH2+][C@H](C)c1cc(F)c(Cl)cc1Cl. The lowest BCUT2D eigenvalue weighted by atomic mass is 10.1. The average Bonchev–Trinajstić information content (AvgIpc) is 2.58. The van der Waals surface area contributed by atoms with Gasteiger partial charge in [-0.3, -0.25) is 4.79 Å². The molecule has 0 saturated carbocycles. The van der Waals surface area contributed by atoms with Crippen LogP contribution in [0.4, 0.5) is 10.1 Å². The van der Waals surface area contributed by atoms with E-state index in [1.807, 2.05) is 19.1 Å². The number of hydrogen-bond donors (Lipinski definition) is 2. The van der Waals surface area contributed by atoms with Crippen LogP contribution >= 0.6 is 23.2 Å². The van der Waals surface area contributed by atoms with Crippen molar-refractivity contribution in [2.75, 3.05) is 12.4 Å². The number of nitrogens with two attached hydrogens (primary N) is 1. The maximum absolute atomic E-state index is 13.7. The zero-order valence-electron chi connectivity index (χ0n) is 14.1. The second-order valence-corrected chi connectivity index (χ2v) is 6.56. The molecule has 0 radical (unpaired) electrons. The van der Waals surface area contributed by atoms with E-state index in [-0.39, 0.29) is 17.0 Å². The van der Waals surface area contributed by atoms with Crippen LogP contribution in [0.5, 0.6) is 5.75 Å². The van der Waals surface area contributed by atoms with Crippen molar-refractivity contribution in [3.63, 3.8) is 0 Å². The summed E-state index contributed by atoms with van der Waals surface area (Å²) in [6.07, 6.45) is 0. The van der Waals surface area contributed by atoms with Crippen molar-refractivity contribution in [1.29, 1.82) is 0 Å². The summed E-state index contributed by atoms with van der Waals surface area (Å²) >= 11 is 11.9. The molecular formula is C18H20Cl2FN2O2+. The van der Waals surface area contributed by atoms with Crippen molar-refractivity contribution in [2.24, 2.45) is 0 Å². The molecule has 0 heterocycles. The second-order valence-electron chi connectivity index (χ2n) is 5.75. The Labute approximate surface area is 156 Å². The highest BCUT2D eigenvalue weighted by Crippen LogP contribution is 2.27. The Morgan fingerprint density at radius 1 is 1.20 bits per heavy atom. The predicted octanol–water partition coefficient (Wildman–Crippen LogP) is 3.79. The van der Waals surface area contributed by atoms with Gasteiger partial charge in [-0.2, -0.15) is 0 Å². The van der Waals surface area contributed by atoms with Crippen LogP contribution in [0.3, 0.4) is 0 Å². The van der Waals surface area contributed by atoms with E-state index in [0.717, 1.165) is 0 Å². The van der Waals surface area contributed by atoms with Crippen molar-refractivity contribution < 1.29 is 19.2 Å². The Bertz CT molecular complexity index is 771. The smallest absolute Gasteiger partial charge is 0.282 e. The molecule has 0 saturated heterocycles. The standard InChI is InChI=1S/C18H19Cl2FN2O2/c1-10(12-8-15(21)14(20)9-13(12)19)22-11(2)18(24)23-16-6-4-5-7-17(16)25-3/h4-11,22H,1-3H3,(H,23,24)/p+1/t10-,11-/m1/s1. The summed E-state index contributed by atoms with van der Waals surface area (Å²) in [6, 6.07) is 9.19. The molecule has 134 valence electrons. The maximum Gasteiger partial charge on any atom is 0.282 e. The number of carbonyl (C=O) groups is 1. The van der Waals surface area contributed by atoms with Crippen LogP contribution in [0.15, 0.2) is 36.4 Å². The molecule has 25 heavy (non-hydrogen) atoms. The highest BCUT2D eigenvalue weighted by molar-refractivity contribution is 6.35. The largest absolute Gasteiger partial charge is 0.495 e. The average molecular weight is 386 g/mol. The number of nitrogens with one attached hydrogen (secondary N) is 1. The summed E-state index contributed by atoms with van der Waals surface area (Å²) in [5.41, 5.74) is 1.18. The lowest BCUT2D eigenvalue weighted by Crippen LogP contribution is -2.91. The quantitative estimate of drug-likeness (QED) is 0.743. The fourth-order valence-electron chi connectivity index (χ4n) is 2.51. The first-order chi connectivity index (χ1) is 11.8. The number of para-hydroxylation sites is 2. The van der Waals surface area contributed by atoms with Gasteiger partial charge in [0.25, 0.3) is 5.91 Å². The first kappa shape index (κ1) is 19.5. The molecule has 1 amide bonds. The third-order valence-electron chi connectivity index (χ3n) is 3.89. The molecule has 3 N–H and O–H groups in total. The topological polar surface area (TPSA) is 54.9 Å². The highest BCUT2D eigenvalue weighted by Gasteiger charge is 2.23. The molecule has 2 rings (SSSR count). The number of rotatable bonds is 6. The van der Waals surface area contributed by atoms with E-state index in [0.29, 0.717) is 22.0 Å². The van der Waals surface area contributed by atoms with Crippen LogP contribution in [-0.4, -0.2) is 19.1 Å². The Morgan fingerprint density at radius 3 is 2.56 bits per heavy atom. The third kappa shape index (κ3) is 4.84. The third-order valence-corrected chi connectivity index (χ3v) is 4.50. The van der Waals surface area contributed by atoms with Crippen molar-refractivity contribution in [1.82, 2.24) is 0 Å². The number of quaternary nitrogens is 1. The van der Waals surface area contributed by atoms with Gasteiger partial charge in [0.2, 0.25) is 0 Å². The maximum atomic E-state index is 13.7. The van der Waals surface area contributed by atoms with Crippen molar-refractivity contribution >= 4 is 34.8 Å². The summed E-state index contributed by atoms with van der Waals surface area (Å²) in [7, 11) is 1.54. The van der Waals surface area contributed by atoms with Crippen molar-refractivity contribution in [3.05, 3.63) is 57.8 Å². The zero-order chi connectivity index (χ0) is 18.6. The summed E-state index contributed by atoms with van der Waals surface area (Å²) in [5, 5.41) is 4.98. The number of anilines is 1. The number of ether oxygens (including phenoxy) is 1. The number of amides is 1. The van der Waals surface area contributed by atoms with Crippen LogP contribution < -0.4 is 15.4 Å². The van der Waals surface area contributed by atoms with Crippen LogP contribution in [0, 0.1) is 5.82 Å². The summed E-state index contributed by atoms with van der Waals surface area (Å²) in [4.78, 5) is 12.4. The fourth-order valence-corrected chi connectivity index (χ4v) is 3.06. The number of hydrogen-bond acceptors (Lipinski definition) is 2.